The van der Waals surface area contributed by atoms with E-state index in [4.69, 9.17) is 4.84 Å². The van der Waals surface area contributed by atoms with Crippen LogP contribution in [-0.2, 0) is 11.0 Å². The number of benzene rings is 2. The van der Waals surface area contributed by atoms with Gasteiger partial charge in [-0.05, 0) is 55.8 Å². The van der Waals surface area contributed by atoms with Crippen LogP contribution in [0, 0.1) is 11.6 Å². The zero-order valence-electron chi connectivity index (χ0n) is 23.8. The van der Waals surface area contributed by atoms with Crippen LogP contribution < -0.4 is 15.3 Å². The molecule has 0 radical (unpaired) electrons. The smallest absolute Gasteiger partial charge is 0.371 e. The molecule has 0 bridgehead atoms. The van der Waals surface area contributed by atoms with Gasteiger partial charge in [0.1, 0.15) is 23.8 Å². The molecule has 1 atom stereocenters. The van der Waals surface area contributed by atoms with Crippen molar-refractivity contribution in [3.8, 4) is 0 Å². The van der Waals surface area contributed by atoms with Crippen molar-refractivity contribution >= 4 is 23.0 Å². The minimum absolute atomic E-state index is 0.175. The second kappa shape index (κ2) is 12.2. The molecule has 1 N–H and O–H groups in total. The number of halogens is 5. The van der Waals surface area contributed by atoms with Crippen LogP contribution in [0.3, 0.4) is 0 Å². The molecule has 8 nitrogen and oxygen atoms in total. The second-order valence-corrected chi connectivity index (χ2v) is 11.3. The second-order valence-electron chi connectivity index (χ2n) is 11.3. The standard InChI is InChI=1S/C30H34F5N7O/c1-39-9-11-40(12-10-39)24-4-7-41(8-5-24)27-3-2-23(17-25(27)30(33,34)35)38-28-18-29(37-19-36-28)42-26(6-13-43-42)20-14-21(31)16-22(32)15-20/h2-3,14-19,24,26H,4-13H2,1H3,(H,36,37,38)/t26-/m1/s1. The molecule has 0 saturated carbocycles. The summed E-state index contributed by atoms with van der Waals surface area (Å²) in [5, 5.41) is 4.40. The first-order valence-electron chi connectivity index (χ1n) is 14.5. The lowest BCUT2D eigenvalue weighted by Crippen LogP contribution is -2.52. The molecule has 43 heavy (non-hydrogen) atoms. The van der Waals surface area contributed by atoms with Gasteiger partial charge in [-0.15, -0.1) is 0 Å². The molecule has 1 aromatic heterocycles. The zero-order chi connectivity index (χ0) is 30.1. The zero-order valence-corrected chi connectivity index (χ0v) is 23.8. The normalized spacial score (nSPS) is 21.0. The predicted molar refractivity (Wildman–Crippen MR) is 153 cm³/mol. The first-order chi connectivity index (χ1) is 20.6. The topological polar surface area (TPSA) is 60.0 Å². The van der Waals surface area contributed by atoms with Crippen molar-refractivity contribution in [2.75, 3.05) is 68.2 Å². The number of nitrogens with one attached hydrogen (secondary N) is 1. The third-order valence-corrected chi connectivity index (χ3v) is 8.49. The molecule has 3 aromatic rings. The number of aromatic nitrogens is 2. The molecule has 2 aromatic carbocycles. The summed E-state index contributed by atoms with van der Waals surface area (Å²) in [6.07, 6.45) is -1.17. The van der Waals surface area contributed by atoms with Crippen LogP contribution >= 0.6 is 0 Å². The maximum absolute atomic E-state index is 14.3. The van der Waals surface area contributed by atoms with E-state index >= 15 is 0 Å². The number of piperidine rings is 1. The third kappa shape index (κ3) is 6.68. The van der Waals surface area contributed by atoms with Gasteiger partial charge in [0, 0.05) is 75.2 Å². The molecule has 0 aliphatic carbocycles. The van der Waals surface area contributed by atoms with Crippen molar-refractivity contribution < 1.29 is 26.8 Å². The Morgan fingerprint density at radius 2 is 1.58 bits per heavy atom. The summed E-state index contributed by atoms with van der Waals surface area (Å²) < 4.78 is 70.6. The fraction of sp³-hybridized carbons (Fsp3) is 0.467. The van der Waals surface area contributed by atoms with Crippen molar-refractivity contribution in [1.82, 2.24) is 19.8 Å². The van der Waals surface area contributed by atoms with Crippen LogP contribution in [0.4, 0.5) is 45.0 Å². The fourth-order valence-electron chi connectivity index (χ4n) is 6.22. The molecule has 230 valence electrons. The molecule has 0 spiro atoms. The van der Waals surface area contributed by atoms with E-state index in [1.54, 1.807) is 6.07 Å². The van der Waals surface area contributed by atoms with Gasteiger partial charge >= 0.3 is 6.18 Å². The Morgan fingerprint density at radius 1 is 0.860 bits per heavy atom. The van der Waals surface area contributed by atoms with Gasteiger partial charge in [-0.3, -0.25) is 9.74 Å². The number of likely N-dealkylation sites (N-methyl/N-ethyl adjacent to an activating group) is 1. The maximum atomic E-state index is 14.3. The summed E-state index contributed by atoms with van der Waals surface area (Å²) in [5.74, 6) is -0.843. The number of hydroxylamine groups is 1. The molecule has 3 saturated heterocycles. The Bertz CT molecular complexity index is 1400. The molecule has 3 fully saturated rings. The van der Waals surface area contributed by atoms with Crippen LogP contribution in [-0.4, -0.2) is 78.7 Å². The molecule has 4 heterocycles. The molecule has 13 heteroatoms. The van der Waals surface area contributed by atoms with Crippen molar-refractivity contribution in [2.24, 2.45) is 0 Å². The number of anilines is 4. The number of hydrogen-bond acceptors (Lipinski definition) is 8. The van der Waals surface area contributed by atoms with Crippen molar-refractivity contribution in [3.05, 3.63) is 71.6 Å². The summed E-state index contributed by atoms with van der Waals surface area (Å²) in [6, 6.07) is 8.94. The van der Waals surface area contributed by atoms with E-state index in [0.29, 0.717) is 43.5 Å². The Hall–Kier alpha value is -3.55. The minimum atomic E-state index is -4.55. The fourth-order valence-corrected chi connectivity index (χ4v) is 6.22. The number of nitrogens with zero attached hydrogens (tertiary/aromatic N) is 6. The highest BCUT2D eigenvalue weighted by molar-refractivity contribution is 5.67. The lowest BCUT2D eigenvalue weighted by molar-refractivity contribution is -0.137. The largest absolute Gasteiger partial charge is 0.418 e. The third-order valence-electron chi connectivity index (χ3n) is 8.49. The van der Waals surface area contributed by atoms with Crippen molar-refractivity contribution in [1.29, 1.82) is 0 Å². The van der Waals surface area contributed by atoms with E-state index in [2.05, 4.69) is 32.1 Å². The Morgan fingerprint density at radius 3 is 2.28 bits per heavy atom. The summed E-state index contributed by atoms with van der Waals surface area (Å²) in [6.45, 7) is 5.45. The highest BCUT2D eigenvalue weighted by Crippen LogP contribution is 2.40. The van der Waals surface area contributed by atoms with Crippen LogP contribution in [0.2, 0.25) is 0 Å². The molecular formula is C30H34F5N7O. The van der Waals surface area contributed by atoms with Crippen LogP contribution in [0.1, 0.15) is 36.4 Å². The van der Waals surface area contributed by atoms with E-state index < -0.39 is 29.4 Å². The molecule has 3 aliphatic rings. The van der Waals surface area contributed by atoms with Gasteiger partial charge in [0.15, 0.2) is 5.82 Å². The van der Waals surface area contributed by atoms with Gasteiger partial charge in [0.25, 0.3) is 0 Å². The van der Waals surface area contributed by atoms with Crippen LogP contribution in [0.5, 0.6) is 0 Å². The lowest BCUT2D eigenvalue weighted by Gasteiger charge is -2.43. The number of rotatable bonds is 6. The number of hydrogen-bond donors (Lipinski definition) is 1. The molecule has 6 rings (SSSR count). The maximum Gasteiger partial charge on any atom is 0.418 e. The highest BCUT2D eigenvalue weighted by atomic mass is 19.4. The number of alkyl halides is 3. The van der Waals surface area contributed by atoms with Gasteiger partial charge in [-0.2, -0.15) is 13.2 Å². The average molecular weight is 604 g/mol. The van der Waals surface area contributed by atoms with Gasteiger partial charge in [-0.1, -0.05) is 0 Å². The minimum Gasteiger partial charge on any atom is -0.371 e. The van der Waals surface area contributed by atoms with E-state index in [9.17, 15) is 22.0 Å². The Labute approximate surface area is 247 Å². The predicted octanol–water partition coefficient (Wildman–Crippen LogP) is 5.62. The van der Waals surface area contributed by atoms with E-state index in [1.807, 2.05) is 4.90 Å². The molecule has 3 aliphatic heterocycles. The van der Waals surface area contributed by atoms with Gasteiger partial charge in [0.2, 0.25) is 0 Å². The van der Waals surface area contributed by atoms with Gasteiger partial charge in [-0.25, -0.2) is 23.8 Å². The average Bonchev–Trinajstić information content (AvgIpc) is 3.47. The summed E-state index contributed by atoms with van der Waals surface area (Å²) in [5.41, 5.74) is 0.0787. The SMILES string of the molecule is CN1CCN(C2CCN(c3ccc(Nc4cc(N5OCC[C@@H]5c5cc(F)cc(F)c5)ncn4)cc3C(F)(F)F)CC2)CC1. The summed E-state index contributed by atoms with van der Waals surface area (Å²) in [4.78, 5) is 20.7. The summed E-state index contributed by atoms with van der Waals surface area (Å²) >= 11 is 0. The van der Waals surface area contributed by atoms with Crippen LogP contribution in [0.15, 0.2) is 48.8 Å². The molecule has 0 unspecified atom stereocenters. The Balaban J connectivity index is 1.17. The van der Waals surface area contributed by atoms with Crippen molar-refractivity contribution in [2.45, 2.75) is 37.5 Å². The highest BCUT2D eigenvalue weighted by Gasteiger charge is 2.37. The van der Waals surface area contributed by atoms with E-state index in [-0.39, 0.29) is 17.2 Å². The molecule has 0 amide bonds. The monoisotopic (exact) mass is 603 g/mol. The van der Waals surface area contributed by atoms with E-state index in [1.165, 1.54) is 35.7 Å². The molecular weight excluding hydrogens is 569 g/mol. The van der Waals surface area contributed by atoms with Crippen molar-refractivity contribution in [3.63, 3.8) is 0 Å². The number of piperazine rings is 1. The van der Waals surface area contributed by atoms with Crippen LogP contribution in [0.25, 0.3) is 0 Å². The lowest BCUT2D eigenvalue weighted by atomic mass is 10.00. The van der Waals surface area contributed by atoms with Gasteiger partial charge < -0.3 is 15.1 Å². The van der Waals surface area contributed by atoms with E-state index in [0.717, 1.165) is 51.2 Å². The first kappa shape index (κ1) is 29.5. The summed E-state index contributed by atoms with van der Waals surface area (Å²) in [7, 11) is 2.11. The Kier molecular flexibility index (Phi) is 8.38. The first-order valence-corrected chi connectivity index (χ1v) is 14.5. The van der Waals surface area contributed by atoms with Gasteiger partial charge in [0.05, 0.1) is 18.2 Å². The quantitative estimate of drug-likeness (QED) is 0.365.